The maximum absolute atomic E-state index is 13.2. The highest BCUT2D eigenvalue weighted by Gasteiger charge is 2.17. The Morgan fingerprint density at radius 1 is 0.346 bits per heavy atom. The van der Waals surface area contributed by atoms with Crippen molar-refractivity contribution in [2.75, 3.05) is 0 Å². The molecule has 0 N–H and O–H groups in total. The van der Waals surface area contributed by atoms with Crippen molar-refractivity contribution in [3.05, 3.63) is 204 Å². The summed E-state index contributed by atoms with van der Waals surface area (Å²) in [6.07, 6.45) is 0. The van der Waals surface area contributed by atoms with E-state index >= 15 is 0 Å². The lowest BCUT2D eigenvalue weighted by Gasteiger charge is -2.06. The average Bonchev–Trinajstić information content (AvgIpc) is 3.37. The average molecular weight is 1160 g/mol. The van der Waals surface area contributed by atoms with Crippen molar-refractivity contribution >= 4 is 81.1 Å². The van der Waals surface area contributed by atoms with Gasteiger partial charge in [-0.2, -0.15) is 8.78 Å². The quantitative estimate of drug-likeness (QED) is 0.0789. The number of Topliss-reactive ketones (excluding diaryl/α,β-unsaturated/α-hetero) is 6. The second kappa shape index (κ2) is 34.7. The van der Waals surface area contributed by atoms with Crippen molar-refractivity contribution in [3.8, 4) is 5.75 Å². The van der Waals surface area contributed by atoms with Gasteiger partial charge in [-0.15, -0.1) is 0 Å². The topological polar surface area (TPSA) is 112 Å². The summed E-state index contributed by atoms with van der Waals surface area (Å²) in [5.41, 5.74) is 2.49. The van der Waals surface area contributed by atoms with E-state index in [1.807, 2.05) is 41.5 Å². The summed E-state index contributed by atoms with van der Waals surface area (Å²) >= 11 is 22.7. The van der Waals surface area contributed by atoms with Gasteiger partial charge >= 0.3 is 6.61 Å². The third kappa shape index (κ3) is 25.1. The van der Waals surface area contributed by atoms with Crippen LogP contribution in [0.5, 0.6) is 5.75 Å². The number of ether oxygens (including phenoxy) is 1. The number of carbonyl (C=O) groups excluding carboxylic acids is 6. The molecular weight excluding hydrogens is 1100 g/mol. The molecule has 17 heteroatoms. The van der Waals surface area contributed by atoms with Gasteiger partial charge in [-0.3, -0.25) is 28.8 Å². The molecule has 0 saturated carbocycles. The van der Waals surface area contributed by atoms with Crippen molar-refractivity contribution in [1.82, 2.24) is 0 Å². The lowest BCUT2D eigenvalue weighted by atomic mass is 10.0. The van der Waals surface area contributed by atoms with Crippen molar-refractivity contribution in [2.45, 2.75) is 89.7 Å². The molecule has 0 aromatic heterocycles. The molecule has 0 aliphatic heterocycles. The molecule has 0 fully saturated rings. The number of hydrogen-bond acceptors (Lipinski definition) is 7. The number of rotatable bonds is 14. The van der Waals surface area contributed by atoms with Gasteiger partial charge in [-0.25, -0.2) is 17.6 Å². The summed E-state index contributed by atoms with van der Waals surface area (Å²) < 4.78 is 78.9. The maximum Gasteiger partial charge on any atom is 0.387 e. The number of ketones is 6. The zero-order chi connectivity index (χ0) is 59.7. The van der Waals surface area contributed by atoms with E-state index in [4.69, 9.17) is 46.4 Å². The largest absolute Gasteiger partial charge is 0.435 e. The predicted octanol–water partition coefficient (Wildman–Crippen LogP) is 18.9. The van der Waals surface area contributed by atoms with E-state index in [0.29, 0.717) is 36.8 Å². The normalized spacial score (nSPS) is 10.5. The number of carbonyl (C=O) groups is 6. The molecule has 7 nitrogen and oxygen atoms in total. The number of alkyl halides is 2. The van der Waals surface area contributed by atoms with Gasteiger partial charge in [0.25, 0.3) is 0 Å². The summed E-state index contributed by atoms with van der Waals surface area (Å²) in [6, 6.07) is 30.3. The third-order valence-corrected chi connectivity index (χ3v) is 11.6. The minimum absolute atomic E-state index is 0.0152. The first-order valence-electron chi connectivity index (χ1n) is 24.5. The van der Waals surface area contributed by atoms with E-state index in [2.05, 4.69) is 4.74 Å². The fraction of sp³-hybridized carbons (Fsp3) is 0.311. The van der Waals surface area contributed by atoms with Crippen LogP contribution in [0.3, 0.4) is 0 Å². The van der Waals surface area contributed by atoms with Crippen LogP contribution in [0.25, 0.3) is 0 Å². The van der Waals surface area contributed by atoms with Gasteiger partial charge in [-0.05, 0) is 121 Å². The molecule has 0 heterocycles. The van der Waals surface area contributed by atoms with E-state index in [9.17, 15) is 55.1 Å². The Balaban J connectivity index is 0.000000469. The van der Waals surface area contributed by atoms with Crippen LogP contribution in [0.4, 0.5) is 26.3 Å². The van der Waals surface area contributed by atoms with Gasteiger partial charge in [0.1, 0.15) is 29.0 Å². The molecule has 0 atom stereocenters. The molecule has 0 spiro atoms. The highest BCUT2D eigenvalue weighted by molar-refractivity contribution is 6.42. The first-order valence-corrected chi connectivity index (χ1v) is 26.0. The third-order valence-electron chi connectivity index (χ3n) is 10.4. The van der Waals surface area contributed by atoms with Crippen LogP contribution in [-0.2, 0) is 0 Å². The van der Waals surface area contributed by atoms with Crippen LogP contribution in [0.1, 0.15) is 145 Å². The zero-order valence-corrected chi connectivity index (χ0v) is 48.3. The molecule has 0 amide bonds. The minimum atomic E-state index is -2.84. The Morgan fingerprint density at radius 2 is 0.667 bits per heavy atom. The highest BCUT2D eigenvalue weighted by atomic mass is 35.5. The standard InChI is InChI=1S/C11H12F2O2.C10H10Cl2O.C10H10ClFO.C10H11ClO.C10H10F2O.C10H11FO/c1-7(2)10(14)8-3-5-9(6-4-8)15-11(12)13;1-6(2)10(13)7-3-4-8(11)9(12)5-7;1-6(2)10(13)8-4-3-7(11)5-9(8)12;1-7(2)10(12)8-3-5-9(11)6-4-8;1-6(2)10(13)8-4-3-7(11)5-9(8)12;1-7(2)10(12)8-3-5-9(11)6-4-8/h3-7,11H,1-2H3;2*3-6H,1-2H3;3-7H,1-2H3;3-6H,1-2H3;3-7H,1-2H3. The molecule has 0 saturated heterocycles. The van der Waals surface area contributed by atoms with Crippen molar-refractivity contribution in [3.63, 3.8) is 0 Å². The Bertz CT molecular complexity index is 2780. The second-order valence-corrected chi connectivity index (χ2v) is 20.6. The summed E-state index contributed by atoms with van der Waals surface area (Å²) in [7, 11) is 0. The number of benzene rings is 6. The molecule has 0 unspecified atom stereocenters. The second-order valence-electron chi connectivity index (χ2n) is 18.9. The maximum atomic E-state index is 13.2. The van der Waals surface area contributed by atoms with Gasteiger partial charge in [0, 0.05) is 73.9 Å². The minimum Gasteiger partial charge on any atom is -0.435 e. The Kier molecular flexibility index (Phi) is 31.1. The van der Waals surface area contributed by atoms with Crippen LogP contribution in [-0.4, -0.2) is 41.3 Å². The molecule has 0 radical (unpaired) electrons. The summed E-state index contributed by atoms with van der Waals surface area (Å²) in [6.45, 7) is 18.7. The van der Waals surface area contributed by atoms with E-state index in [0.717, 1.165) is 23.8 Å². The molecule has 0 aliphatic rings. The fourth-order valence-electron chi connectivity index (χ4n) is 6.01. The van der Waals surface area contributed by atoms with Crippen LogP contribution in [0.2, 0.25) is 20.1 Å². The lowest BCUT2D eigenvalue weighted by molar-refractivity contribution is -0.0498. The zero-order valence-electron chi connectivity index (χ0n) is 45.3. The van der Waals surface area contributed by atoms with Crippen molar-refractivity contribution in [2.24, 2.45) is 35.5 Å². The highest BCUT2D eigenvalue weighted by Crippen LogP contribution is 2.24. The van der Waals surface area contributed by atoms with Gasteiger partial charge < -0.3 is 4.74 Å². The number of hydrogen-bond donors (Lipinski definition) is 0. The molecule has 6 rings (SSSR count). The van der Waals surface area contributed by atoms with E-state index < -0.39 is 24.1 Å². The van der Waals surface area contributed by atoms with E-state index in [1.165, 1.54) is 66.7 Å². The lowest BCUT2D eigenvalue weighted by Crippen LogP contribution is -2.09. The molecule has 6 aromatic rings. The Hall–Kier alpha value is -6.12. The van der Waals surface area contributed by atoms with E-state index in [-0.39, 0.29) is 92.9 Å². The first kappa shape index (κ1) is 69.9. The van der Waals surface area contributed by atoms with Gasteiger partial charge in [0.2, 0.25) is 0 Å². The summed E-state index contributed by atoms with van der Waals surface area (Å²) in [4.78, 5) is 68.4. The molecule has 420 valence electrons. The van der Waals surface area contributed by atoms with Gasteiger partial charge in [0.05, 0.1) is 21.2 Å². The fourth-order valence-corrected chi connectivity index (χ4v) is 6.60. The molecule has 0 aliphatic carbocycles. The Morgan fingerprint density at radius 3 is 1.03 bits per heavy atom. The van der Waals surface area contributed by atoms with Gasteiger partial charge in [0.15, 0.2) is 34.7 Å². The first-order chi connectivity index (χ1) is 36.3. The molecule has 6 aromatic carbocycles. The smallest absolute Gasteiger partial charge is 0.387 e. The molecule has 78 heavy (non-hydrogen) atoms. The Labute approximate surface area is 473 Å². The summed E-state index contributed by atoms with van der Waals surface area (Å²) in [5.74, 6) is -3.07. The van der Waals surface area contributed by atoms with Crippen LogP contribution in [0, 0.1) is 58.8 Å². The van der Waals surface area contributed by atoms with Crippen molar-refractivity contribution in [1.29, 1.82) is 0 Å². The van der Waals surface area contributed by atoms with Crippen molar-refractivity contribution < 1.29 is 59.8 Å². The molecular formula is C61H64Cl4F6O7. The van der Waals surface area contributed by atoms with Crippen LogP contribution < -0.4 is 4.74 Å². The van der Waals surface area contributed by atoms with Crippen LogP contribution >= 0.6 is 46.4 Å². The molecule has 0 bridgehead atoms. The van der Waals surface area contributed by atoms with E-state index in [1.54, 1.807) is 84.0 Å². The summed E-state index contributed by atoms with van der Waals surface area (Å²) in [5, 5.41) is 1.86. The van der Waals surface area contributed by atoms with Gasteiger partial charge in [-0.1, -0.05) is 129 Å². The predicted molar refractivity (Wildman–Crippen MR) is 300 cm³/mol. The monoisotopic (exact) mass is 1160 g/mol. The van der Waals surface area contributed by atoms with Crippen LogP contribution in [0.15, 0.2) is 127 Å². The number of halogens is 10. The SMILES string of the molecule is CC(C)C(=O)c1ccc(Cl)c(Cl)c1.CC(C)C(=O)c1ccc(Cl)cc1.CC(C)C(=O)c1ccc(Cl)cc1F.CC(C)C(=O)c1ccc(F)cc1.CC(C)C(=O)c1ccc(F)cc1F.CC(C)C(=O)c1ccc(OC(F)F)cc1.